The Bertz CT molecular complexity index is 591. The van der Waals surface area contributed by atoms with Crippen LogP contribution in [0.5, 0.6) is 5.75 Å². The fourth-order valence-electron chi connectivity index (χ4n) is 1.88. The van der Waals surface area contributed by atoms with Crippen LogP contribution in [0.1, 0.15) is 15.9 Å². The van der Waals surface area contributed by atoms with E-state index in [0.717, 1.165) is 11.8 Å². The first-order valence-corrected chi connectivity index (χ1v) is 5.55. The zero-order valence-electron chi connectivity index (χ0n) is 10.2. The van der Waals surface area contributed by atoms with Crippen LogP contribution in [0.25, 0.3) is 11.1 Å². The average molecular weight is 244 g/mol. The second kappa shape index (κ2) is 5.00. The van der Waals surface area contributed by atoms with Crippen molar-refractivity contribution in [2.24, 2.45) is 0 Å². The van der Waals surface area contributed by atoms with Gasteiger partial charge in [0, 0.05) is 5.56 Å². The molecular formula is C15H13FO2. The van der Waals surface area contributed by atoms with Crippen LogP contribution in [0.2, 0.25) is 0 Å². The molecule has 2 nitrogen and oxygen atoms in total. The summed E-state index contributed by atoms with van der Waals surface area (Å²) in [4.78, 5) is 11.1. The molecule has 18 heavy (non-hydrogen) atoms. The molecule has 0 N–H and O–H groups in total. The van der Waals surface area contributed by atoms with E-state index in [9.17, 15) is 9.18 Å². The van der Waals surface area contributed by atoms with Crippen molar-refractivity contribution < 1.29 is 13.9 Å². The lowest BCUT2D eigenvalue weighted by atomic mass is 9.96. The van der Waals surface area contributed by atoms with E-state index in [2.05, 4.69) is 0 Å². The molecule has 0 amide bonds. The number of aryl methyl sites for hydroxylation is 1. The largest absolute Gasteiger partial charge is 0.497 e. The average Bonchev–Trinajstić information content (AvgIpc) is 2.40. The van der Waals surface area contributed by atoms with Gasteiger partial charge in [0.15, 0.2) is 6.29 Å². The number of benzene rings is 2. The molecule has 0 aromatic heterocycles. The third-order valence-corrected chi connectivity index (χ3v) is 2.88. The van der Waals surface area contributed by atoms with Gasteiger partial charge in [0.05, 0.1) is 7.11 Å². The molecule has 0 spiro atoms. The van der Waals surface area contributed by atoms with Crippen molar-refractivity contribution >= 4 is 6.29 Å². The summed E-state index contributed by atoms with van der Waals surface area (Å²) in [6, 6.07) is 9.65. The van der Waals surface area contributed by atoms with Crippen molar-refractivity contribution in [2.75, 3.05) is 7.11 Å². The molecule has 2 aromatic rings. The SMILES string of the molecule is COc1ccc(C=O)c(-c2cc(F)ccc2C)c1. The number of hydrogen-bond acceptors (Lipinski definition) is 2. The smallest absolute Gasteiger partial charge is 0.150 e. The Morgan fingerprint density at radius 1 is 1.11 bits per heavy atom. The highest BCUT2D eigenvalue weighted by atomic mass is 19.1. The summed E-state index contributed by atoms with van der Waals surface area (Å²) < 4.78 is 18.5. The molecular weight excluding hydrogens is 231 g/mol. The van der Waals surface area contributed by atoms with Gasteiger partial charge in [0.1, 0.15) is 11.6 Å². The molecule has 92 valence electrons. The molecule has 0 bridgehead atoms. The Balaban J connectivity index is 2.67. The Morgan fingerprint density at radius 3 is 2.56 bits per heavy atom. The fraction of sp³-hybridized carbons (Fsp3) is 0.133. The third-order valence-electron chi connectivity index (χ3n) is 2.88. The van der Waals surface area contributed by atoms with Gasteiger partial charge in [-0.25, -0.2) is 4.39 Å². The molecule has 2 aromatic carbocycles. The predicted octanol–water partition coefficient (Wildman–Crippen LogP) is 3.62. The second-order valence-electron chi connectivity index (χ2n) is 4.03. The van der Waals surface area contributed by atoms with Crippen LogP contribution < -0.4 is 4.74 Å². The first-order valence-electron chi connectivity index (χ1n) is 5.55. The van der Waals surface area contributed by atoms with Crippen LogP contribution in [0.3, 0.4) is 0 Å². The summed E-state index contributed by atoms with van der Waals surface area (Å²) in [5, 5.41) is 0. The van der Waals surface area contributed by atoms with Crippen LogP contribution in [0.15, 0.2) is 36.4 Å². The number of halogens is 1. The summed E-state index contributed by atoms with van der Waals surface area (Å²) in [5.41, 5.74) is 2.81. The van der Waals surface area contributed by atoms with Gasteiger partial charge in [-0.05, 0) is 53.9 Å². The number of carbonyl (C=O) groups is 1. The van der Waals surface area contributed by atoms with Crippen molar-refractivity contribution in [3.63, 3.8) is 0 Å². The van der Waals surface area contributed by atoms with E-state index in [1.165, 1.54) is 12.1 Å². The van der Waals surface area contributed by atoms with E-state index in [4.69, 9.17) is 4.74 Å². The van der Waals surface area contributed by atoms with Crippen LogP contribution in [-0.4, -0.2) is 13.4 Å². The van der Waals surface area contributed by atoms with Crippen molar-refractivity contribution in [3.8, 4) is 16.9 Å². The van der Waals surface area contributed by atoms with E-state index in [-0.39, 0.29) is 5.82 Å². The molecule has 0 radical (unpaired) electrons. The molecule has 2 rings (SSSR count). The minimum Gasteiger partial charge on any atom is -0.497 e. The number of rotatable bonds is 3. The Labute approximate surface area is 105 Å². The number of methoxy groups -OCH3 is 1. The summed E-state index contributed by atoms with van der Waals surface area (Å²) in [6.07, 6.45) is 0.763. The minimum atomic E-state index is -0.324. The summed E-state index contributed by atoms with van der Waals surface area (Å²) in [7, 11) is 1.55. The van der Waals surface area contributed by atoms with Crippen molar-refractivity contribution in [1.82, 2.24) is 0 Å². The zero-order valence-corrected chi connectivity index (χ0v) is 10.2. The molecule has 0 fully saturated rings. The standard InChI is InChI=1S/C15H13FO2/c1-10-3-5-12(16)7-14(10)15-8-13(18-2)6-4-11(15)9-17/h3-9H,1-2H3. The maximum atomic E-state index is 13.3. The molecule has 0 aliphatic rings. The maximum Gasteiger partial charge on any atom is 0.150 e. The quantitative estimate of drug-likeness (QED) is 0.771. The summed E-state index contributed by atoms with van der Waals surface area (Å²) in [6.45, 7) is 1.88. The first kappa shape index (κ1) is 12.3. The van der Waals surface area contributed by atoms with Gasteiger partial charge in [0.2, 0.25) is 0 Å². The fourth-order valence-corrected chi connectivity index (χ4v) is 1.88. The molecule has 0 heterocycles. The summed E-state index contributed by atoms with van der Waals surface area (Å²) >= 11 is 0. The van der Waals surface area contributed by atoms with Gasteiger partial charge < -0.3 is 4.74 Å². The van der Waals surface area contributed by atoms with Gasteiger partial charge in [-0.1, -0.05) is 6.07 Å². The Hall–Kier alpha value is -2.16. The molecule has 3 heteroatoms. The lowest BCUT2D eigenvalue weighted by molar-refractivity contribution is 0.112. The van der Waals surface area contributed by atoms with Crippen LogP contribution >= 0.6 is 0 Å². The highest BCUT2D eigenvalue weighted by Crippen LogP contribution is 2.30. The van der Waals surface area contributed by atoms with Gasteiger partial charge >= 0.3 is 0 Å². The van der Waals surface area contributed by atoms with Crippen molar-refractivity contribution in [3.05, 3.63) is 53.3 Å². The highest BCUT2D eigenvalue weighted by Gasteiger charge is 2.10. The number of carbonyl (C=O) groups excluding carboxylic acids is 1. The monoisotopic (exact) mass is 244 g/mol. The lowest BCUT2D eigenvalue weighted by Gasteiger charge is -2.10. The maximum absolute atomic E-state index is 13.3. The molecule has 0 unspecified atom stereocenters. The first-order chi connectivity index (χ1) is 8.65. The predicted molar refractivity (Wildman–Crippen MR) is 68.5 cm³/mol. The van der Waals surface area contributed by atoms with Gasteiger partial charge in [-0.3, -0.25) is 4.79 Å². The molecule has 0 atom stereocenters. The minimum absolute atomic E-state index is 0.324. The summed E-state index contributed by atoms with van der Waals surface area (Å²) in [5.74, 6) is 0.314. The molecule has 0 saturated carbocycles. The van der Waals surface area contributed by atoms with Crippen LogP contribution in [0, 0.1) is 12.7 Å². The van der Waals surface area contributed by atoms with Gasteiger partial charge in [0.25, 0.3) is 0 Å². The van der Waals surface area contributed by atoms with E-state index in [1.54, 1.807) is 31.4 Å². The lowest BCUT2D eigenvalue weighted by Crippen LogP contribution is -1.93. The van der Waals surface area contributed by atoms with Crippen molar-refractivity contribution in [1.29, 1.82) is 0 Å². The van der Waals surface area contributed by atoms with E-state index in [0.29, 0.717) is 22.4 Å². The van der Waals surface area contributed by atoms with Gasteiger partial charge in [-0.15, -0.1) is 0 Å². The van der Waals surface area contributed by atoms with E-state index in [1.807, 2.05) is 6.92 Å². The number of aldehydes is 1. The number of ether oxygens (including phenoxy) is 1. The van der Waals surface area contributed by atoms with Crippen LogP contribution in [-0.2, 0) is 0 Å². The number of hydrogen-bond donors (Lipinski definition) is 0. The van der Waals surface area contributed by atoms with Crippen molar-refractivity contribution in [2.45, 2.75) is 6.92 Å². The molecule has 0 saturated heterocycles. The third kappa shape index (κ3) is 2.25. The second-order valence-corrected chi connectivity index (χ2v) is 4.03. The van der Waals surface area contributed by atoms with Gasteiger partial charge in [-0.2, -0.15) is 0 Å². The molecule has 0 aliphatic carbocycles. The topological polar surface area (TPSA) is 26.3 Å². The van der Waals surface area contributed by atoms with E-state index >= 15 is 0 Å². The highest BCUT2D eigenvalue weighted by molar-refractivity contribution is 5.89. The molecule has 0 aliphatic heterocycles. The zero-order chi connectivity index (χ0) is 13.1. The van der Waals surface area contributed by atoms with E-state index < -0.39 is 0 Å². The van der Waals surface area contributed by atoms with Crippen LogP contribution in [0.4, 0.5) is 4.39 Å². The normalized spacial score (nSPS) is 10.2. The Kier molecular flexibility index (Phi) is 3.42. The Morgan fingerprint density at radius 2 is 1.89 bits per heavy atom.